The van der Waals surface area contributed by atoms with Crippen LogP contribution in [0.15, 0.2) is 61.1 Å². The van der Waals surface area contributed by atoms with Crippen LogP contribution in [0.3, 0.4) is 0 Å². The molecule has 1 aliphatic carbocycles. The highest BCUT2D eigenvalue weighted by molar-refractivity contribution is 6.05. The smallest absolute Gasteiger partial charge is 0.255 e. The SMILES string of the molecule is O=C1CCC(N2Cc3cc(C#CCCC4CC(n5cc(-c6cnc7ccccc7n6)cn5)C4)ccc3C2=O)C(=O)N1. The summed E-state index contributed by atoms with van der Waals surface area (Å²) in [6, 6.07) is 13.3. The van der Waals surface area contributed by atoms with Crippen molar-refractivity contribution in [3.8, 4) is 23.1 Å². The molecule has 2 fully saturated rings. The molecule has 0 radical (unpaired) electrons. The molecule has 0 spiro atoms. The Bertz CT molecular complexity index is 1760. The Balaban J connectivity index is 0.911. The van der Waals surface area contributed by atoms with Crippen LogP contribution in [0.5, 0.6) is 0 Å². The highest BCUT2D eigenvalue weighted by Crippen LogP contribution is 2.40. The van der Waals surface area contributed by atoms with Gasteiger partial charge in [-0.05, 0) is 67.5 Å². The summed E-state index contributed by atoms with van der Waals surface area (Å²) in [5.74, 6) is 6.32. The molecule has 1 N–H and O–H groups in total. The Hall–Kier alpha value is -4.84. The minimum Gasteiger partial charge on any atom is -0.322 e. The summed E-state index contributed by atoms with van der Waals surface area (Å²) in [4.78, 5) is 47.4. The maximum absolute atomic E-state index is 12.9. The van der Waals surface area contributed by atoms with Crippen molar-refractivity contribution in [2.24, 2.45) is 5.92 Å². The minimum atomic E-state index is -0.603. The van der Waals surface area contributed by atoms with Crippen LogP contribution in [-0.4, -0.2) is 48.4 Å². The predicted molar refractivity (Wildman–Crippen MR) is 151 cm³/mol. The van der Waals surface area contributed by atoms with Crippen molar-refractivity contribution in [2.75, 3.05) is 0 Å². The van der Waals surface area contributed by atoms with Gasteiger partial charge in [0.05, 0.1) is 35.2 Å². The number of para-hydroxylation sites is 2. The first-order valence-corrected chi connectivity index (χ1v) is 14.0. The molecule has 3 aliphatic rings. The molecule has 2 aliphatic heterocycles. The molecule has 0 bridgehead atoms. The second-order valence-electron chi connectivity index (χ2n) is 11.1. The summed E-state index contributed by atoms with van der Waals surface area (Å²) in [6.45, 7) is 0.363. The number of piperidine rings is 1. The van der Waals surface area contributed by atoms with Crippen LogP contribution in [0.1, 0.15) is 66.1 Å². The molecule has 1 unspecified atom stereocenters. The second kappa shape index (κ2) is 10.3. The van der Waals surface area contributed by atoms with Crippen molar-refractivity contribution in [3.63, 3.8) is 0 Å². The number of carbonyl (C=O) groups excluding carboxylic acids is 3. The lowest BCUT2D eigenvalue weighted by Gasteiger charge is -2.35. The van der Waals surface area contributed by atoms with Gasteiger partial charge in [0.1, 0.15) is 6.04 Å². The van der Waals surface area contributed by atoms with Crippen molar-refractivity contribution >= 4 is 28.8 Å². The Morgan fingerprint density at radius 2 is 1.88 bits per heavy atom. The van der Waals surface area contributed by atoms with Gasteiger partial charge in [-0.2, -0.15) is 5.10 Å². The zero-order valence-electron chi connectivity index (χ0n) is 22.4. The van der Waals surface area contributed by atoms with Gasteiger partial charge in [0.25, 0.3) is 5.91 Å². The Morgan fingerprint density at radius 1 is 1.02 bits per heavy atom. The van der Waals surface area contributed by atoms with E-state index in [-0.39, 0.29) is 18.2 Å². The third kappa shape index (κ3) is 4.86. The van der Waals surface area contributed by atoms with E-state index in [1.807, 2.05) is 42.6 Å². The lowest BCUT2D eigenvalue weighted by molar-refractivity contribution is -0.136. The lowest BCUT2D eigenvalue weighted by atomic mass is 9.77. The average molecular weight is 545 g/mol. The van der Waals surface area contributed by atoms with E-state index in [2.05, 4.69) is 38.1 Å². The van der Waals surface area contributed by atoms with E-state index in [1.54, 1.807) is 17.2 Å². The number of aromatic nitrogens is 4. The molecule has 1 saturated heterocycles. The molecule has 2 aromatic carbocycles. The third-order valence-electron chi connectivity index (χ3n) is 8.36. The molecular weight excluding hydrogens is 516 g/mol. The Kier molecular flexibility index (Phi) is 6.31. The number of amides is 3. The van der Waals surface area contributed by atoms with Gasteiger partial charge in [-0.3, -0.25) is 29.4 Å². The largest absolute Gasteiger partial charge is 0.322 e. The number of fused-ring (bicyclic) bond motifs is 2. The summed E-state index contributed by atoms with van der Waals surface area (Å²) >= 11 is 0. The van der Waals surface area contributed by atoms with Crippen LogP contribution in [0.4, 0.5) is 0 Å². The molecule has 3 amide bonds. The lowest BCUT2D eigenvalue weighted by Crippen LogP contribution is -2.52. The molecule has 204 valence electrons. The predicted octanol–water partition coefficient (Wildman–Crippen LogP) is 4.04. The highest BCUT2D eigenvalue weighted by atomic mass is 16.2. The van der Waals surface area contributed by atoms with Crippen LogP contribution in [0.25, 0.3) is 22.3 Å². The van der Waals surface area contributed by atoms with E-state index in [0.717, 1.165) is 59.1 Å². The van der Waals surface area contributed by atoms with Crippen molar-refractivity contribution < 1.29 is 14.4 Å². The maximum Gasteiger partial charge on any atom is 0.255 e. The fourth-order valence-electron chi connectivity index (χ4n) is 6.01. The van der Waals surface area contributed by atoms with E-state index in [1.165, 1.54) is 0 Å². The molecule has 1 saturated carbocycles. The van der Waals surface area contributed by atoms with E-state index < -0.39 is 11.9 Å². The van der Waals surface area contributed by atoms with E-state index in [4.69, 9.17) is 4.98 Å². The number of benzene rings is 2. The zero-order chi connectivity index (χ0) is 27.9. The van der Waals surface area contributed by atoms with Gasteiger partial charge in [0.2, 0.25) is 11.8 Å². The molecule has 7 rings (SSSR count). The number of nitrogens with one attached hydrogen (secondary N) is 1. The monoisotopic (exact) mass is 544 g/mol. The van der Waals surface area contributed by atoms with Gasteiger partial charge < -0.3 is 4.90 Å². The molecule has 9 heteroatoms. The first-order chi connectivity index (χ1) is 20.0. The first kappa shape index (κ1) is 25.1. The Morgan fingerprint density at radius 3 is 2.73 bits per heavy atom. The maximum atomic E-state index is 12.9. The standard InChI is InChI=1S/C32H28N6O3/c39-30-12-11-29(31(40)36-30)37-18-22-13-20(9-10-25(22)32(37)41)5-1-2-6-21-14-24(15-21)38-19-23(16-34-38)28-17-33-26-7-3-4-8-27(26)35-28/h3-4,7-10,13,16-17,19,21,24,29H,2,6,11-12,14-15,18H2,(H,36,39,40). The highest BCUT2D eigenvalue weighted by Gasteiger charge is 2.39. The van der Waals surface area contributed by atoms with Crippen LogP contribution in [0, 0.1) is 17.8 Å². The third-order valence-corrected chi connectivity index (χ3v) is 8.36. The van der Waals surface area contributed by atoms with Crippen molar-refractivity contribution in [1.82, 2.24) is 30.0 Å². The van der Waals surface area contributed by atoms with Crippen molar-refractivity contribution in [2.45, 2.75) is 57.2 Å². The van der Waals surface area contributed by atoms with Gasteiger partial charge in [-0.15, -0.1) is 0 Å². The number of hydrogen-bond donors (Lipinski definition) is 1. The molecule has 4 heterocycles. The van der Waals surface area contributed by atoms with Crippen LogP contribution < -0.4 is 5.32 Å². The molecular formula is C32H28N6O3. The molecule has 1 atom stereocenters. The zero-order valence-corrected chi connectivity index (χ0v) is 22.4. The van der Waals surface area contributed by atoms with E-state index >= 15 is 0 Å². The summed E-state index contributed by atoms with van der Waals surface area (Å²) in [5, 5.41) is 6.94. The van der Waals surface area contributed by atoms with Crippen LogP contribution in [0.2, 0.25) is 0 Å². The van der Waals surface area contributed by atoms with Gasteiger partial charge in [0, 0.05) is 42.3 Å². The van der Waals surface area contributed by atoms with Gasteiger partial charge in [0.15, 0.2) is 0 Å². The second-order valence-corrected chi connectivity index (χ2v) is 11.1. The van der Waals surface area contributed by atoms with E-state index in [0.29, 0.717) is 30.5 Å². The molecule has 2 aromatic heterocycles. The molecule has 4 aromatic rings. The van der Waals surface area contributed by atoms with Crippen LogP contribution in [-0.2, 0) is 16.1 Å². The van der Waals surface area contributed by atoms with Gasteiger partial charge in [-0.25, -0.2) is 4.98 Å². The summed E-state index contributed by atoms with van der Waals surface area (Å²) in [6.07, 6.45) is 10.4. The van der Waals surface area contributed by atoms with Gasteiger partial charge >= 0.3 is 0 Å². The average Bonchev–Trinajstić information content (AvgIpc) is 3.56. The number of hydrogen-bond acceptors (Lipinski definition) is 6. The topological polar surface area (TPSA) is 110 Å². The number of nitrogens with zero attached hydrogens (tertiary/aromatic N) is 5. The molecule has 9 nitrogen and oxygen atoms in total. The summed E-state index contributed by atoms with van der Waals surface area (Å²) < 4.78 is 2.05. The Labute approximate surface area is 237 Å². The van der Waals surface area contributed by atoms with Crippen molar-refractivity contribution in [3.05, 3.63) is 77.7 Å². The fraction of sp³-hybridized carbons (Fsp3) is 0.312. The normalized spacial score (nSPS) is 21.7. The molecule has 41 heavy (non-hydrogen) atoms. The fourth-order valence-corrected chi connectivity index (χ4v) is 6.01. The summed E-state index contributed by atoms with van der Waals surface area (Å²) in [7, 11) is 0. The first-order valence-electron chi connectivity index (χ1n) is 14.0. The quantitative estimate of drug-likeness (QED) is 0.300. The minimum absolute atomic E-state index is 0.164. The van der Waals surface area contributed by atoms with Crippen molar-refractivity contribution in [1.29, 1.82) is 0 Å². The summed E-state index contributed by atoms with van der Waals surface area (Å²) in [5.41, 5.74) is 5.93. The van der Waals surface area contributed by atoms with Crippen LogP contribution >= 0.6 is 0 Å². The van der Waals surface area contributed by atoms with E-state index in [9.17, 15) is 14.4 Å². The number of rotatable bonds is 5. The number of imide groups is 1. The number of carbonyl (C=O) groups is 3. The van der Waals surface area contributed by atoms with Gasteiger partial charge in [-0.1, -0.05) is 24.0 Å².